The van der Waals surface area contributed by atoms with Gasteiger partial charge in [-0.3, -0.25) is 0 Å². The summed E-state index contributed by atoms with van der Waals surface area (Å²) in [4.78, 5) is 3.10. The second-order valence-electron chi connectivity index (χ2n) is 4.49. The van der Waals surface area contributed by atoms with Crippen LogP contribution in [0.5, 0.6) is 11.5 Å². The zero-order valence-electron chi connectivity index (χ0n) is 11.2. The predicted molar refractivity (Wildman–Crippen MR) is 76.8 cm³/mol. The summed E-state index contributed by atoms with van der Waals surface area (Å²) >= 11 is 0. The first-order valence-electron chi connectivity index (χ1n) is 6.22. The first-order chi connectivity index (χ1) is 9.71. The van der Waals surface area contributed by atoms with Crippen LogP contribution >= 0.6 is 0 Å². The molecule has 102 valence electrons. The molecule has 0 atom stereocenters. The Morgan fingerprint density at radius 1 is 0.950 bits per heavy atom. The second-order valence-corrected chi connectivity index (χ2v) is 4.49. The highest BCUT2D eigenvalue weighted by Crippen LogP contribution is 2.31. The van der Waals surface area contributed by atoms with Crippen LogP contribution in [0.2, 0.25) is 0 Å². The van der Waals surface area contributed by atoms with Crippen molar-refractivity contribution in [3.63, 3.8) is 0 Å². The summed E-state index contributed by atoms with van der Waals surface area (Å²) in [6, 6.07) is 12.5. The molecule has 0 aliphatic carbocycles. The smallest absolute Gasteiger partial charge is 0.147 e. The van der Waals surface area contributed by atoms with Crippen molar-refractivity contribution in [2.24, 2.45) is 0 Å². The molecule has 0 aliphatic heterocycles. The number of methoxy groups -OCH3 is 2. The number of hydrogen-bond donors (Lipinski definition) is 1. The number of aromatic nitrogens is 1. The minimum atomic E-state index is -0.261. The molecule has 1 aromatic heterocycles. The molecule has 20 heavy (non-hydrogen) atoms. The molecule has 2 aromatic carbocycles. The van der Waals surface area contributed by atoms with Gasteiger partial charge in [0.05, 0.1) is 19.7 Å². The monoisotopic (exact) mass is 271 g/mol. The predicted octanol–water partition coefficient (Wildman–Crippen LogP) is 3.99. The van der Waals surface area contributed by atoms with Gasteiger partial charge in [0.1, 0.15) is 17.3 Å². The van der Waals surface area contributed by atoms with E-state index < -0.39 is 0 Å². The Morgan fingerprint density at radius 3 is 2.25 bits per heavy atom. The molecule has 1 N–H and O–H groups in total. The van der Waals surface area contributed by atoms with E-state index in [1.54, 1.807) is 26.4 Å². The number of nitrogens with one attached hydrogen (secondary N) is 1. The highest BCUT2D eigenvalue weighted by Gasteiger charge is 2.09. The van der Waals surface area contributed by atoms with Crippen molar-refractivity contribution in [3.05, 3.63) is 48.3 Å². The SMILES string of the molecule is COc1cc(OC)cc(-c2cc3cccc(F)c3[nH]2)c1. The van der Waals surface area contributed by atoms with E-state index >= 15 is 0 Å². The van der Waals surface area contributed by atoms with Crippen LogP contribution in [0.25, 0.3) is 22.2 Å². The van der Waals surface area contributed by atoms with Crippen molar-refractivity contribution in [2.75, 3.05) is 14.2 Å². The molecule has 4 heteroatoms. The van der Waals surface area contributed by atoms with Gasteiger partial charge in [-0.1, -0.05) is 12.1 Å². The lowest BCUT2D eigenvalue weighted by atomic mass is 10.1. The van der Waals surface area contributed by atoms with E-state index in [9.17, 15) is 4.39 Å². The van der Waals surface area contributed by atoms with Crippen molar-refractivity contribution in [2.45, 2.75) is 0 Å². The zero-order valence-corrected chi connectivity index (χ0v) is 11.2. The minimum absolute atomic E-state index is 0.261. The maximum Gasteiger partial charge on any atom is 0.147 e. The molecule has 3 aromatic rings. The fourth-order valence-electron chi connectivity index (χ4n) is 2.24. The maximum atomic E-state index is 13.7. The average molecular weight is 271 g/mol. The van der Waals surface area contributed by atoms with Gasteiger partial charge in [0.2, 0.25) is 0 Å². The normalized spacial score (nSPS) is 10.8. The number of fused-ring (bicyclic) bond motifs is 1. The summed E-state index contributed by atoms with van der Waals surface area (Å²) in [7, 11) is 3.20. The fourth-order valence-corrected chi connectivity index (χ4v) is 2.24. The van der Waals surface area contributed by atoms with E-state index in [-0.39, 0.29) is 5.82 Å². The Labute approximate surface area is 116 Å². The van der Waals surface area contributed by atoms with Gasteiger partial charge < -0.3 is 14.5 Å². The largest absolute Gasteiger partial charge is 0.497 e. The van der Waals surface area contributed by atoms with Crippen LogP contribution in [0.3, 0.4) is 0 Å². The third kappa shape index (κ3) is 2.09. The minimum Gasteiger partial charge on any atom is -0.497 e. The van der Waals surface area contributed by atoms with E-state index in [2.05, 4.69) is 4.98 Å². The summed E-state index contributed by atoms with van der Waals surface area (Å²) < 4.78 is 24.2. The number of ether oxygens (including phenoxy) is 2. The van der Waals surface area contributed by atoms with Crippen LogP contribution in [0.15, 0.2) is 42.5 Å². The number of halogens is 1. The summed E-state index contributed by atoms with van der Waals surface area (Å²) in [6.45, 7) is 0. The average Bonchev–Trinajstić information content (AvgIpc) is 2.92. The highest BCUT2D eigenvalue weighted by molar-refractivity contribution is 5.86. The molecule has 3 rings (SSSR count). The topological polar surface area (TPSA) is 34.2 Å². The van der Waals surface area contributed by atoms with E-state index in [1.165, 1.54) is 6.07 Å². The van der Waals surface area contributed by atoms with Gasteiger partial charge in [0.25, 0.3) is 0 Å². The van der Waals surface area contributed by atoms with Gasteiger partial charge in [-0.05, 0) is 24.3 Å². The van der Waals surface area contributed by atoms with Gasteiger partial charge in [0.15, 0.2) is 0 Å². The van der Waals surface area contributed by atoms with Gasteiger partial charge in [-0.15, -0.1) is 0 Å². The van der Waals surface area contributed by atoms with Crippen LogP contribution in [-0.4, -0.2) is 19.2 Å². The Balaban J connectivity index is 2.17. The second kappa shape index (κ2) is 4.89. The van der Waals surface area contributed by atoms with Crippen molar-refractivity contribution in [3.8, 4) is 22.8 Å². The van der Waals surface area contributed by atoms with Gasteiger partial charge >= 0.3 is 0 Å². The molecule has 0 radical (unpaired) electrons. The number of hydrogen-bond acceptors (Lipinski definition) is 2. The molecular formula is C16H14FNO2. The van der Waals surface area contributed by atoms with Crippen LogP contribution in [0, 0.1) is 5.82 Å². The summed E-state index contributed by atoms with van der Waals surface area (Å²) in [5.74, 6) is 1.13. The molecule has 0 fully saturated rings. The van der Waals surface area contributed by atoms with E-state index in [0.29, 0.717) is 17.0 Å². The van der Waals surface area contributed by atoms with E-state index in [1.807, 2.05) is 24.3 Å². The van der Waals surface area contributed by atoms with Crippen molar-refractivity contribution >= 4 is 10.9 Å². The first-order valence-corrected chi connectivity index (χ1v) is 6.22. The molecular weight excluding hydrogens is 257 g/mol. The van der Waals surface area contributed by atoms with Crippen LogP contribution in [-0.2, 0) is 0 Å². The molecule has 0 aliphatic rings. The van der Waals surface area contributed by atoms with Crippen molar-refractivity contribution < 1.29 is 13.9 Å². The standard InChI is InChI=1S/C16H14FNO2/c1-19-12-6-11(7-13(9-12)20-2)15-8-10-4-3-5-14(17)16(10)18-15/h3-9,18H,1-2H3. The lowest BCUT2D eigenvalue weighted by Gasteiger charge is -2.07. The Hall–Kier alpha value is -2.49. The first kappa shape index (κ1) is 12.5. The number of benzene rings is 2. The van der Waals surface area contributed by atoms with Crippen LogP contribution in [0.4, 0.5) is 4.39 Å². The molecule has 0 spiro atoms. The quantitative estimate of drug-likeness (QED) is 0.781. The summed E-state index contributed by atoms with van der Waals surface area (Å²) in [5, 5.41) is 0.835. The Morgan fingerprint density at radius 2 is 1.65 bits per heavy atom. The molecule has 1 heterocycles. The summed E-state index contributed by atoms with van der Waals surface area (Å²) in [6.07, 6.45) is 0. The van der Waals surface area contributed by atoms with Crippen molar-refractivity contribution in [1.82, 2.24) is 4.98 Å². The number of H-pyrrole nitrogens is 1. The molecule has 0 unspecified atom stereocenters. The van der Waals surface area contributed by atoms with Crippen LogP contribution < -0.4 is 9.47 Å². The zero-order chi connectivity index (χ0) is 14.1. The van der Waals surface area contributed by atoms with Gasteiger partial charge in [-0.2, -0.15) is 0 Å². The van der Waals surface area contributed by atoms with Crippen LogP contribution in [0.1, 0.15) is 0 Å². The molecule has 3 nitrogen and oxygen atoms in total. The van der Waals surface area contributed by atoms with Crippen molar-refractivity contribution in [1.29, 1.82) is 0 Å². The lowest BCUT2D eigenvalue weighted by Crippen LogP contribution is -1.88. The highest BCUT2D eigenvalue weighted by atomic mass is 19.1. The lowest BCUT2D eigenvalue weighted by molar-refractivity contribution is 0.394. The third-order valence-electron chi connectivity index (χ3n) is 3.27. The maximum absolute atomic E-state index is 13.7. The Bertz CT molecular complexity index is 742. The number of aromatic amines is 1. The number of para-hydroxylation sites is 1. The third-order valence-corrected chi connectivity index (χ3v) is 3.27. The van der Waals surface area contributed by atoms with E-state index in [4.69, 9.17) is 9.47 Å². The molecule has 0 amide bonds. The number of rotatable bonds is 3. The Kier molecular flexibility index (Phi) is 3.06. The van der Waals surface area contributed by atoms with Gasteiger partial charge in [-0.25, -0.2) is 4.39 Å². The van der Waals surface area contributed by atoms with Gasteiger partial charge in [0, 0.05) is 22.7 Å². The molecule has 0 saturated heterocycles. The fraction of sp³-hybridized carbons (Fsp3) is 0.125. The van der Waals surface area contributed by atoms with E-state index in [0.717, 1.165) is 16.6 Å². The molecule has 0 bridgehead atoms. The summed E-state index contributed by atoms with van der Waals surface area (Å²) in [5.41, 5.74) is 2.21. The molecule has 0 saturated carbocycles.